The predicted molar refractivity (Wildman–Crippen MR) is 110 cm³/mol. The van der Waals surface area contributed by atoms with Crippen LogP contribution in [0.3, 0.4) is 0 Å². The van der Waals surface area contributed by atoms with E-state index in [1.54, 1.807) is 0 Å². The van der Waals surface area contributed by atoms with Crippen LogP contribution in [-0.2, 0) is 13.1 Å². The molecule has 0 unspecified atom stereocenters. The Kier molecular flexibility index (Phi) is 7.27. The molecule has 0 spiro atoms. The Morgan fingerprint density at radius 2 is 1.43 bits per heavy atom. The van der Waals surface area contributed by atoms with Crippen LogP contribution in [0.5, 0.6) is 23.1 Å². The first-order valence-corrected chi connectivity index (χ1v) is 9.55. The van der Waals surface area contributed by atoms with Crippen molar-refractivity contribution < 1.29 is 14.2 Å². The average molecular weight is 378 g/mol. The van der Waals surface area contributed by atoms with Gasteiger partial charge in [-0.25, -0.2) is 4.98 Å². The summed E-state index contributed by atoms with van der Waals surface area (Å²) in [6.07, 6.45) is 1.82. The van der Waals surface area contributed by atoms with Gasteiger partial charge in [0.1, 0.15) is 5.75 Å². The minimum atomic E-state index is 0.544. The highest BCUT2D eigenvalue weighted by Crippen LogP contribution is 2.30. The third kappa shape index (κ3) is 5.72. The van der Waals surface area contributed by atoms with E-state index in [-0.39, 0.29) is 0 Å². The van der Waals surface area contributed by atoms with Crippen molar-refractivity contribution in [3.8, 4) is 23.1 Å². The fourth-order valence-corrected chi connectivity index (χ4v) is 2.72. The Balaban J connectivity index is 1.50. The molecule has 1 heterocycles. The lowest BCUT2D eigenvalue weighted by Crippen LogP contribution is -2.12. The number of nitrogens with one attached hydrogen (secondary N) is 1. The minimum Gasteiger partial charge on any atom is -0.494 e. The van der Waals surface area contributed by atoms with Crippen molar-refractivity contribution in [3.05, 3.63) is 78.0 Å². The first-order chi connectivity index (χ1) is 13.8. The number of hydrogen-bond acceptors (Lipinski definition) is 5. The number of ether oxygens (including phenoxy) is 3. The van der Waals surface area contributed by atoms with Crippen LogP contribution < -0.4 is 19.5 Å². The fourth-order valence-electron chi connectivity index (χ4n) is 2.72. The molecule has 0 amide bonds. The molecule has 0 aliphatic carbocycles. The Hall–Kier alpha value is -3.05. The second kappa shape index (κ2) is 10.3. The van der Waals surface area contributed by atoms with Crippen molar-refractivity contribution in [2.45, 2.75) is 26.9 Å². The molecular formula is C23H26N2O3. The van der Waals surface area contributed by atoms with Crippen LogP contribution in [0.25, 0.3) is 0 Å². The second-order valence-electron chi connectivity index (χ2n) is 6.17. The van der Waals surface area contributed by atoms with Gasteiger partial charge in [0.15, 0.2) is 11.5 Å². The molecule has 146 valence electrons. The normalized spacial score (nSPS) is 10.5. The van der Waals surface area contributed by atoms with Crippen LogP contribution in [0.4, 0.5) is 0 Å². The maximum Gasteiger partial charge on any atom is 0.219 e. The highest BCUT2D eigenvalue weighted by atomic mass is 16.5. The van der Waals surface area contributed by atoms with E-state index in [9.17, 15) is 0 Å². The summed E-state index contributed by atoms with van der Waals surface area (Å²) in [6.45, 7) is 6.72. The van der Waals surface area contributed by atoms with E-state index in [1.807, 2.05) is 68.6 Å². The molecular weight excluding hydrogens is 352 g/mol. The van der Waals surface area contributed by atoms with E-state index in [1.165, 1.54) is 5.56 Å². The SMILES string of the molecule is CCOc1ccc(CNCc2ccc(Oc3ccccc3OCC)nc2)cc1. The van der Waals surface area contributed by atoms with Crippen LogP contribution in [0.1, 0.15) is 25.0 Å². The van der Waals surface area contributed by atoms with Crippen LogP contribution in [0.2, 0.25) is 0 Å². The van der Waals surface area contributed by atoms with Gasteiger partial charge >= 0.3 is 0 Å². The molecule has 0 saturated heterocycles. The molecule has 0 fully saturated rings. The van der Waals surface area contributed by atoms with Crippen molar-refractivity contribution in [1.29, 1.82) is 0 Å². The molecule has 1 aromatic heterocycles. The summed E-state index contributed by atoms with van der Waals surface area (Å²) in [7, 11) is 0. The molecule has 28 heavy (non-hydrogen) atoms. The lowest BCUT2D eigenvalue weighted by Gasteiger charge is -2.11. The molecule has 0 radical (unpaired) electrons. The van der Waals surface area contributed by atoms with Crippen molar-refractivity contribution in [1.82, 2.24) is 10.3 Å². The number of hydrogen-bond donors (Lipinski definition) is 1. The van der Waals surface area contributed by atoms with Gasteiger partial charge < -0.3 is 19.5 Å². The zero-order valence-corrected chi connectivity index (χ0v) is 16.4. The molecule has 1 N–H and O–H groups in total. The Morgan fingerprint density at radius 3 is 2.11 bits per heavy atom. The standard InChI is InChI=1S/C23H26N2O3/c1-3-26-20-12-9-18(10-13-20)15-24-16-19-11-14-23(25-17-19)28-22-8-6-5-7-21(22)27-4-2/h5-14,17,24H,3-4,15-16H2,1-2H3. The smallest absolute Gasteiger partial charge is 0.219 e. The van der Waals surface area contributed by atoms with E-state index in [0.717, 1.165) is 24.4 Å². The highest BCUT2D eigenvalue weighted by Gasteiger charge is 2.06. The average Bonchev–Trinajstić information content (AvgIpc) is 2.72. The van der Waals surface area contributed by atoms with Crippen molar-refractivity contribution in [2.24, 2.45) is 0 Å². The topological polar surface area (TPSA) is 52.6 Å². The molecule has 3 rings (SSSR count). The maximum atomic E-state index is 5.85. The van der Waals surface area contributed by atoms with Crippen LogP contribution in [-0.4, -0.2) is 18.2 Å². The van der Waals surface area contributed by atoms with Gasteiger partial charge in [-0.05, 0) is 49.2 Å². The minimum absolute atomic E-state index is 0.544. The first kappa shape index (κ1) is 19.7. The van der Waals surface area contributed by atoms with Gasteiger partial charge in [-0.1, -0.05) is 30.3 Å². The largest absolute Gasteiger partial charge is 0.494 e. The second-order valence-corrected chi connectivity index (χ2v) is 6.17. The zero-order chi connectivity index (χ0) is 19.6. The molecule has 3 aromatic rings. The number of nitrogens with zero attached hydrogens (tertiary/aromatic N) is 1. The third-order valence-corrected chi connectivity index (χ3v) is 4.05. The summed E-state index contributed by atoms with van der Waals surface area (Å²) in [6, 6.07) is 19.6. The van der Waals surface area contributed by atoms with Crippen molar-refractivity contribution in [3.63, 3.8) is 0 Å². The van der Waals surface area contributed by atoms with Gasteiger partial charge in [-0.2, -0.15) is 0 Å². The number of para-hydroxylation sites is 2. The molecule has 0 aliphatic rings. The zero-order valence-electron chi connectivity index (χ0n) is 16.4. The summed E-state index contributed by atoms with van der Waals surface area (Å²) in [5.41, 5.74) is 2.31. The Labute approximate surface area is 166 Å². The molecule has 2 aromatic carbocycles. The summed E-state index contributed by atoms with van der Waals surface area (Å²) >= 11 is 0. The molecule has 0 bridgehead atoms. The van der Waals surface area contributed by atoms with Crippen molar-refractivity contribution in [2.75, 3.05) is 13.2 Å². The van der Waals surface area contributed by atoms with E-state index in [2.05, 4.69) is 22.4 Å². The van der Waals surface area contributed by atoms with E-state index in [0.29, 0.717) is 30.6 Å². The lowest BCUT2D eigenvalue weighted by molar-refractivity contribution is 0.319. The van der Waals surface area contributed by atoms with Gasteiger partial charge in [0, 0.05) is 25.4 Å². The lowest BCUT2D eigenvalue weighted by atomic mass is 10.2. The molecule has 5 heteroatoms. The summed E-state index contributed by atoms with van der Waals surface area (Å²) < 4.78 is 16.9. The molecule has 0 saturated carbocycles. The summed E-state index contributed by atoms with van der Waals surface area (Å²) in [5.74, 6) is 2.82. The summed E-state index contributed by atoms with van der Waals surface area (Å²) in [5, 5.41) is 3.42. The number of rotatable bonds is 10. The number of pyridine rings is 1. The van der Waals surface area contributed by atoms with Gasteiger partial charge in [-0.15, -0.1) is 0 Å². The van der Waals surface area contributed by atoms with Crippen LogP contribution in [0, 0.1) is 0 Å². The van der Waals surface area contributed by atoms with E-state index < -0.39 is 0 Å². The number of benzene rings is 2. The first-order valence-electron chi connectivity index (χ1n) is 9.55. The van der Waals surface area contributed by atoms with Crippen molar-refractivity contribution >= 4 is 0 Å². The quantitative estimate of drug-likeness (QED) is 0.540. The molecule has 5 nitrogen and oxygen atoms in total. The Bertz CT molecular complexity index is 848. The van der Waals surface area contributed by atoms with E-state index >= 15 is 0 Å². The van der Waals surface area contributed by atoms with Gasteiger partial charge in [-0.3, -0.25) is 0 Å². The monoisotopic (exact) mass is 378 g/mol. The van der Waals surface area contributed by atoms with Crippen LogP contribution >= 0.6 is 0 Å². The van der Waals surface area contributed by atoms with Gasteiger partial charge in [0.2, 0.25) is 5.88 Å². The maximum absolute atomic E-state index is 5.85. The third-order valence-electron chi connectivity index (χ3n) is 4.05. The Morgan fingerprint density at radius 1 is 0.750 bits per heavy atom. The molecule has 0 atom stereocenters. The fraction of sp³-hybridized carbons (Fsp3) is 0.261. The summed E-state index contributed by atoms with van der Waals surface area (Å²) in [4.78, 5) is 4.40. The highest BCUT2D eigenvalue weighted by molar-refractivity contribution is 5.41. The van der Waals surface area contributed by atoms with E-state index in [4.69, 9.17) is 14.2 Å². The van der Waals surface area contributed by atoms with Gasteiger partial charge in [0.05, 0.1) is 13.2 Å². The van der Waals surface area contributed by atoms with Gasteiger partial charge in [0.25, 0.3) is 0 Å². The predicted octanol–water partition coefficient (Wildman–Crippen LogP) is 4.96. The molecule has 0 aliphatic heterocycles. The number of aromatic nitrogens is 1. The van der Waals surface area contributed by atoms with Crippen LogP contribution in [0.15, 0.2) is 66.9 Å².